The van der Waals surface area contributed by atoms with Crippen molar-refractivity contribution < 1.29 is 9.53 Å². The van der Waals surface area contributed by atoms with Crippen molar-refractivity contribution in [3.8, 4) is 5.75 Å². The molecule has 1 aromatic carbocycles. The maximum absolute atomic E-state index is 12.1. The topological polar surface area (TPSA) is 55.6 Å². The third kappa shape index (κ3) is 5.41. The van der Waals surface area contributed by atoms with Gasteiger partial charge in [-0.15, -0.1) is 24.2 Å². The Labute approximate surface area is 136 Å². The largest absolute Gasteiger partial charge is 0.494 e. The van der Waals surface area contributed by atoms with Gasteiger partial charge in [-0.2, -0.15) is 0 Å². The van der Waals surface area contributed by atoms with E-state index in [4.69, 9.17) is 10.5 Å². The third-order valence-electron chi connectivity index (χ3n) is 3.47. The van der Waals surface area contributed by atoms with Crippen molar-refractivity contribution in [2.45, 2.75) is 18.2 Å². The van der Waals surface area contributed by atoms with Gasteiger partial charge in [0.2, 0.25) is 5.91 Å². The predicted octanol–water partition coefficient (Wildman–Crippen LogP) is 2.41. The lowest BCUT2D eigenvalue weighted by atomic mass is 10.1. The fourth-order valence-corrected chi connectivity index (χ4v) is 3.09. The maximum Gasteiger partial charge on any atom is 0.232 e. The van der Waals surface area contributed by atoms with Crippen LogP contribution in [0, 0.1) is 5.92 Å². The number of nitrogens with zero attached hydrogens (tertiary/aromatic N) is 1. The number of hydrogen-bond acceptors (Lipinski definition) is 4. The van der Waals surface area contributed by atoms with Crippen LogP contribution in [0.1, 0.15) is 13.3 Å². The minimum atomic E-state index is 0. The SMILES string of the molecule is CCOc1ccc(SCC(=O)N2CCC(CN)C2)cc1.Cl. The molecule has 1 fully saturated rings. The molecule has 1 aromatic rings. The highest BCUT2D eigenvalue weighted by Crippen LogP contribution is 2.23. The van der Waals surface area contributed by atoms with Crippen molar-refractivity contribution in [1.29, 1.82) is 0 Å². The van der Waals surface area contributed by atoms with Crippen LogP contribution in [-0.4, -0.2) is 42.8 Å². The zero-order chi connectivity index (χ0) is 14.4. The highest BCUT2D eigenvalue weighted by molar-refractivity contribution is 8.00. The highest BCUT2D eigenvalue weighted by Gasteiger charge is 2.24. The first-order valence-corrected chi connectivity index (χ1v) is 8.05. The van der Waals surface area contributed by atoms with Gasteiger partial charge in [0, 0.05) is 18.0 Å². The van der Waals surface area contributed by atoms with Gasteiger partial charge in [0.05, 0.1) is 12.4 Å². The summed E-state index contributed by atoms with van der Waals surface area (Å²) in [6, 6.07) is 7.87. The van der Waals surface area contributed by atoms with Crippen molar-refractivity contribution in [3.63, 3.8) is 0 Å². The smallest absolute Gasteiger partial charge is 0.232 e. The molecule has 0 radical (unpaired) electrons. The van der Waals surface area contributed by atoms with Gasteiger partial charge in [-0.1, -0.05) is 0 Å². The van der Waals surface area contributed by atoms with Crippen LogP contribution in [-0.2, 0) is 4.79 Å². The Morgan fingerprint density at radius 1 is 1.43 bits per heavy atom. The van der Waals surface area contributed by atoms with E-state index in [2.05, 4.69) is 0 Å². The minimum absolute atomic E-state index is 0. The molecular formula is C15H23ClN2O2S. The Hall–Kier alpha value is -0.910. The summed E-state index contributed by atoms with van der Waals surface area (Å²) in [5, 5.41) is 0. The molecule has 6 heteroatoms. The summed E-state index contributed by atoms with van der Waals surface area (Å²) in [6.07, 6.45) is 1.04. The first-order valence-electron chi connectivity index (χ1n) is 7.06. The average molecular weight is 331 g/mol. The Morgan fingerprint density at radius 3 is 2.71 bits per heavy atom. The van der Waals surface area contributed by atoms with E-state index >= 15 is 0 Å². The first-order chi connectivity index (χ1) is 9.72. The molecule has 1 amide bonds. The summed E-state index contributed by atoms with van der Waals surface area (Å²) < 4.78 is 5.40. The second-order valence-electron chi connectivity index (χ2n) is 4.92. The molecule has 1 saturated heterocycles. The number of rotatable bonds is 6. The second-order valence-corrected chi connectivity index (χ2v) is 5.97. The number of carbonyl (C=O) groups excluding carboxylic acids is 1. The van der Waals surface area contributed by atoms with Crippen molar-refractivity contribution in [2.75, 3.05) is 32.0 Å². The van der Waals surface area contributed by atoms with Gasteiger partial charge in [0.25, 0.3) is 0 Å². The summed E-state index contributed by atoms with van der Waals surface area (Å²) in [5.74, 6) is 2.05. The Kier molecular flexibility index (Phi) is 7.93. The molecule has 0 bridgehead atoms. The number of nitrogens with two attached hydrogens (primary N) is 1. The molecule has 0 spiro atoms. The lowest BCUT2D eigenvalue weighted by Gasteiger charge is -2.16. The lowest BCUT2D eigenvalue weighted by Crippen LogP contribution is -2.31. The molecular weight excluding hydrogens is 308 g/mol. The standard InChI is InChI=1S/C15H22N2O2S.ClH/c1-2-19-13-3-5-14(6-4-13)20-11-15(18)17-8-7-12(9-16)10-17;/h3-6,12H,2,7-11,16H2,1H3;1H. The van der Waals surface area contributed by atoms with Crippen LogP contribution in [0.3, 0.4) is 0 Å². The molecule has 1 atom stereocenters. The summed E-state index contributed by atoms with van der Waals surface area (Å²) in [4.78, 5) is 15.1. The van der Waals surface area contributed by atoms with Gasteiger partial charge in [0.15, 0.2) is 0 Å². The number of benzene rings is 1. The quantitative estimate of drug-likeness (QED) is 0.814. The molecule has 21 heavy (non-hydrogen) atoms. The fraction of sp³-hybridized carbons (Fsp3) is 0.533. The van der Waals surface area contributed by atoms with E-state index < -0.39 is 0 Å². The highest BCUT2D eigenvalue weighted by atomic mass is 35.5. The number of halogens is 1. The number of hydrogen-bond donors (Lipinski definition) is 1. The van der Waals surface area contributed by atoms with Crippen LogP contribution >= 0.6 is 24.2 Å². The van der Waals surface area contributed by atoms with Crippen LogP contribution in [0.2, 0.25) is 0 Å². The number of carbonyl (C=O) groups is 1. The second kappa shape index (κ2) is 9.18. The van der Waals surface area contributed by atoms with Crippen molar-refractivity contribution >= 4 is 30.1 Å². The van der Waals surface area contributed by atoms with Gasteiger partial charge in [-0.25, -0.2) is 0 Å². The molecule has 1 unspecified atom stereocenters. The van der Waals surface area contributed by atoms with Crippen LogP contribution < -0.4 is 10.5 Å². The van der Waals surface area contributed by atoms with Crippen molar-refractivity contribution in [1.82, 2.24) is 4.90 Å². The molecule has 0 saturated carbocycles. The van der Waals surface area contributed by atoms with Crippen LogP contribution in [0.25, 0.3) is 0 Å². The van der Waals surface area contributed by atoms with Crippen LogP contribution in [0.4, 0.5) is 0 Å². The van der Waals surface area contributed by atoms with Gasteiger partial charge < -0.3 is 15.4 Å². The average Bonchev–Trinajstić information content (AvgIpc) is 2.95. The van der Waals surface area contributed by atoms with E-state index in [1.165, 1.54) is 0 Å². The summed E-state index contributed by atoms with van der Waals surface area (Å²) in [6.45, 7) is 4.98. The third-order valence-corrected chi connectivity index (χ3v) is 4.47. The van der Waals surface area contributed by atoms with Crippen LogP contribution in [0.5, 0.6) is 5.75 Å². The molecule has 1 aliphatic rings. The maximum atomic E-state index is 12.1. The van der Waals surface area contributed by atoms with E-state index in [0.717, 1.165) is 30.2 Å². The number of ether oxygens (including phenoxy) is 1. The zero-order valence-corrected chi connectivity index (χ0v) is 13.9. The molecule has 1 aliphatic heterocycles. The van der Waals surface area contributed by atoms with E-state index in [9.17, 15) is 4.79 Å². The van der Waals surface area contributed by atoms with E-state index in [-0.39, 0.29) is 18.3 Å². The molecule has 118 valence electrons. The monoisotopic (exact) mass is 330 g/mol. The predicted molar refractivity (Wildman–Crippen MR) is 89.3 cm³/mol. The summed E-state index contributed by atoms with van der Waals surface area (Å²) in [7, 11) is 0. The molecule has 4 nitrogen and oxygen atoms in total. The fourth-order valence-electron chi connectivity index (χ4n) is 2.29. The van der Waals surface area contributed by atoms with E-state index in [1.807, 2.05) is 36.1 Å². The molecule has 0 aliphatic carbocycles. The lowest BCUT2D eigenvalue weighted by molar-refractivity contribution is -0.127. The molecule has 0 aromatic heterocycles. The molecule has 2 N–H and O–H groups in total. The van der Waals surface area contributed by atoms with E-state index in [1.54, 1.807) is 11.8 Å². The Morgan fingerprint density at radius 2 is 2.14 bits per heavy atom. The number of amides is 1. The zero-order valence-electron chi connectivity index (χ0n) is 12.3. The number of likely N-dealkylation sites (tertiary alicyclic amines) is 1. The summed E-state index contributed by atoms with van der Waals surface area (Å²) in [5.41, 5.74) is 5.64. The van der Waals surface area contributed by atoms with Gasteiger partial charge in [-0.3, -0.25) is 4.79 Å². The summed E-state index contributed by atoms with van der Waals surface area (Å²) >= 11 is 1.57. The number of thioether (sulfide) groups is 1. The molecule has 1 heterocycles. The first kappa shape index (κ1) is 18.1. The van der Waals surface area contributed by atoms with Gasteiger partial charge in [0.1, 0.15) is 5.75 Å². The van der Waals surface area contributed by atoms with Crippen LogP contribution in [0.15, 0.2) is 29.2 Å². The molecule has 2 rings (SSSR count). The van der Waals surface area contributed by atoms with Gasteiger partial charge >= 0.3 is 0 Å². The minimum Gasteiger partial charge on any atom is -0.494 e. The normalized spacial score (nSPS) is 17.4. The Bertz CT molecular complexity index is 442. The van der Waals surface area contributed by atoms with Gasteiger partial charge in [-0.05, 0) is 50.1 Å². The van der Waals surface area contributed by atoms with E-state index in [0.29, 0.717) is 24.8 Å². The van der Waals surface area contributed by atoms with Crippen molar-refractivity contribution in [3.05, 3.63) is 24.3 Å². The Balaban J connectivity index is 0.00000220. The van der Waals surface area contributed by atoms with Crippen molar-refractivity contribution in [2.24, 2.45) is 11.7 Å².